The molecular formula is C27H19Cl2N4O2+. The molecule has 0 radical (unpaired) electrons. The number of halogens is 2. The third-order valence-electron chi connectivity index (χ3n) is 5.54. The molecule has 2 aliphatic rings. The lowest BCUT2D eigenvalue weighted by Crippen LogP contribution is -2.14. The van der Waals surface area contributed by atoms with E-state index in [2.05, 4.69) is 29.1 Å². The Morgan fingerprint density at radius 2 is 2.00 bits per heavy atom. The Morgan fingerprint density at radius 1 is 1.20 bits per heavy atom. The molecule has 5 rings (SSSR count). The summed E-state index contributed by atoms with van der Waals surface area (Å²) >= 11 is 12.9. The van der Waals surface area contributed by atoms with Crippen LogP contribution in [-0.4, -0.2) is 32.2 Å². The van der Waals surface area contributed by atoms with Crippen LogP contribution in [0.1, 0.15) is 6.42 Å². The average molecular weight is 502 g/mol. The first-order valence-electron chi connectivity index (χ1n) is 10.6. The molecule has 35 heavy (non-hydrogen) atoms. The minimum Gasteiger partial charge on any atom is -0.501 e. The minimum atomic E-state index is -0.155. The van der Waals surface area contributed by atoms with E-state index in [9.17, 15) is 5.11 Å². The van der Waals surface area contributed by atoms with Gasteiger partial charge in [-0.05, 0) is 35.9 Å². The first-order valence-corrected chi connectivity index (χ1v) is 11.4. The lowest BCUT2D eigenvalue weighted by Gasteiger charge is -2.07. The van der Waals surface area contributed by atoms with Crippen molar-refractivity contribution in [3.63, 3.8) is 0 Å². The highest BCUT2D eigenvalue weighted by molar-refractivity contribution is 6.34. The average Bonchev–Trinajstić information content (AvgIpc) is 3.45. The van der Waals surface area contributed by atoms with Gasteiger partial charge in [-0.3, -0.25) is 0 Å². The van der Waals surface area contributed by atoms with Crippen molar-refractivity contribution >= 4 is 47.3 Å². The molecule has 0 bridgehead atoms. The fourth-order valence-corrected chi connectivity index (χ4v) is 4.26. The van der Waals surface area contributed by atoms with Gasteiger partial charge in [0.25, 0.3) is 0 Å². The topological polar surface area (TPSA) is 62.6 Å². The van der Waals surface area contributed by atoms with Crippen LogP contribution in [0.2, 0.25) is 5.02 Å². The second-order valence-corrected chi connectivity index (χ2v) is 8.60. The third kappa shape index (κ3) is 4.38. The molecule has 1 aliphatic heterocycles. The first kappa shape index (κ1) is 22.7. The Kier molecular flexibility index (Phi) is 6.01. The summed E-state index contributed by atoms with van der Waals surface area (Å²) in [5, 5.41) is 15.4. The van der Waals surface area contributed by atoms with Crippen molar-refractivity contribution in [2.24, 2.45) is 4.99 Å². The normalized spacial score (nSPS) is 14.7. The molecular weight excluding hydrogens is 483 g/mol. The number of allylic oxidation sites excluding steroid dienone is 4. The molecule has 2 heterocycles. The molecule has 1 aliphatic carbocycles. The summed E-state index contributed by atoms with van der Waals surface area (Å²) in [6.45, 7) is 7.53. The fraction of sp³-hybridized carbons (Fsp3) is 0.0370. The van der Waals surface area contributed by atoms with Crippen molar-refractivity contribution in [2.75, 3.05) is 0 Å². The number of aromatic nitrogens is 2. The van der Waals surface area contributed by atoms with Crippen molar-refractivity contribution in [2.45, 2.75) is 6.42 Å². The molecule has 0 saturated heterocycles. The van der Waals surface area contributed by atoms with Crippen LogP contribution in [0, 0.1) is 0 Å². The predicted molar refractivity (Wildman–Crippen MR) is 139 cm³/mol. The van der Waals surface area contributed by atoms with Crippen LogP contribution < -0.4 is 0 Å². The predicted octanol–water partition coefficient (Wildman–Crippen LogP) is 7.12. The van der Waals surface area contributed by atoms with Crippen LogP contribution in [0.5, 0.6) is 0 Å². The summed E-state index contributed by atoms with van der Waals surface area (Å²) in [6.07, 6.45) is 9.25. The van der Waals surface area contributed by atoms with Crippen molar-refractivity contribution in [3.05, 3.63) is 113 Å². The Balaban J connectivity index is 1.45. The fourth-order valence-electron chi connectivity index (χ4n) is 3.76. The lowest BCUT2D eigenvalue weighted by atomic mass is 10.0. The number of amidine groups is 1. The number of nitrogens with zero attached hydrogens (tertiary/aromatic N) is 4. The van der Waals surface area contributed by atoms with Crippen molar-refractivity contribution in [1.82, 2.24) is 9.78 Å². The van der Waals surface area contributed by atoms with E-state index in [1.165, 1.54) is 0 Å². The Bertz CT molecular complexity index is 1520. The van der Waals surface area contributed by atoms with Crippen molar-refractivity contribution in [3.8, 4) is 16.8 Å². The number of hydrogen-bond acceptors (Lipinski definition) is 4. The SMILES string of the molecule is C=C=C(O)C1=C(Cl)CC=CC(OC2=Nc3cc(-c4ccc(-n5cccn5)cc4)c(Cl)cc3[N+]2=C)=C1. The van der Waals surface area contributed by atoms with E-state index in [-0.39, 0.29) is 11.8 Å². The molecule has 0 fully saturated rings. The van der Waals surface area contributed by atoms with Gasteiger partial charge in [0.1, 0.15) is 5.76 Å². The summed E-state index contributed by atoms with van der Waals surface area (Å²) in [5.41, 5.74) is 6.95. The van der Waals surface area contributed by atoms with Crippen LogP contribution in [0.4, 0.5) is 11.4 Å². The standard InChI is InChI=1S/C27H18Cl2N4O2/c1-3-26(34)21-14-19(6-4-7-22(21)28)35-27-31-24-15-20(23(29)16-25(24)32(27)2)17-8-10-18(11-9-17)33-13-5-12-30-33/h4-6,8-16H,1-2,7H2/p+1. The number of aliphatic imine (C=N–C) groups is 1. The van der Waals surface area contributed by atoms with Crippen molar-refractivity contribution in [1.29, 1.82) is 0 Å². The number of fused-ring (bicyclic) bond motifs is 1. The van der Waals surface area contributed by atoms with E-state index in [4.69, 9.17) is 27.9 Å². The van der Waals surface area contributed by atoms with E-state index >= 15 is 0 Å². The molecule has 1 aromatic heterocycles. The van der Waals surface area contributed by atoms with Gasteiger partial charge in [0.05, 0.1) is 17.4 Å². The third-order valence-corrected chi connectivity index (χ3v) is 6.21. The summed E-state index contributed by atoms with van der Waals surface area (Å²) < 4.78 is 9.37. The minimum absolute atomic E-state index is 0.155. The quantitative estimate of drug-likeness (QED) is 0.235. The first-order chi connectivity index (χ1) is 16.9. The molecule has 3 aromatic rings. The van der Waals surface area contributed by atoms with E-state index in [1.54, 1.807) is 27.6 Å². The molecule has 8 heteroatoms. The molecule has 172 valence electrons. The van der Waals surface area contributed by atoms with Crippen molar-refractivity contribution < 1.29 is 14.4 Å². The molecule has 0 amide bonds. The number of ether oxygens (including phenoxy) is 1. The summed E-state index contributed by atoms with van der Waals surface area (Å²) in [7, 11) is 0. The van der Waals surface area contributed by atoms with E-state index < -0.39 is 0 Å². The molecule has 0 spiro atoms. The number of benzene rings is 2. The Morgan fingerprint density at radius 3 is 2.71 bits per heavy atom. The van der Waals surface area contributed by atoms with Crippen LogP contribution in [0.25, 0.3) is 16.8 Å². The largest absolute Gasteiger partial charge is 0.509 e. The maximum Gasteiger partial charge on any atom is 0.509 e. The number of rotatable bonds is 4. The molecule has 2 aromatic carbocycles. The highest BCUT2D eigenvalue weighted by Gasteiger charge is 2.33. The van der Waals surface area contributed by atoms with Crippen LogP contribution in [-0.2, 0) is 4.74 Å². The summed E-state index contributed by atoms with van der Waals surface area (Å²) in [4.78, 5) is 4.62. The molecule has 6 nitrogen and oxygen atoms in total. The van der Waals surface area contributed by atoms with Gasteiger partial charge in [0.2, 0.25) is 5.69 Å². The molecule has 0 saturated carbocycles. The van der Waals surface area contributed by atoms with Gasteiger partial charge in [-0.2, -0.15) is 9.67 Å². The van der Waals surface area contributed by atoms with Crippen LogP contribution >= 0.6 is 23.2 Å². The van der Waals surface area contributed by atoms with Gasteiger partial charge in [-0.1, -0.05) is 53.7 Å². The molecule has 0 atom stereocenters. The number of aliphatic hydroxyl groups excluding tert-OH is 1. The molecule has 1 N–H and O–H groups in total. The van der Waals surface area contributed by atoms with Gasteiger partial charge >= 0.3 is 6.02 Å². The zero-order valence-corrected chi connectivity index (χ0v) is 20.0. The monoisotopic (exact) mass is 501 g/mol. The van der Waals surface area contributed by atoms with E-state index in [1.807, 2.05) is 54.7 Å². The maximum absolute atomic E-state index is 10.1. The second kappa shape index (κ2) is 9.28. The smallest absolute Gasteiger partial charge is 0.501 e. The van der Waals surface area contributed by atoms with E-state index in [0.29, 0.717) is 39.2 Å². The van der Waals surface area contributed by atoms with Crippen LogP contribution in [0.3, 0.4) is 0 Å². The van der Waals surface area contributed by atoms with Crippen LogP contribution in [0.15, 0.2) is 113 Å². The van der Waals surface area contributed by atoms with Gasteiger partial charge in [0.15, 0.2) is 11.4 Å². The summed E-state index contributed by atoms with van der Waals surface area (Å²) in [5.74, 6) is 0.274. The van der Waals surface area contributed by atoms with E-state index in [0.717, 1.165) is 16.8 Å². The zero-order chi connectivity index (χ0) is 24.5. The highest BCUT2D eigenvalue weighted by atomic mass is 35.5. The highest BCUT2D eigenvalue weighted by Crippen LogP contribution is 2.42. The van der Waals surface area contributed by atoms with Gasteiger partial charge < -0.3 is 9.84 Å². The van der Waals surface area contributed by atoms with Gasteiger partial charge in [-0.25, -0.2) is 4.68 Å². The molecule has 0 unspecified atom stereocenters. The Labute approximate surface area is 212 Å². The maximum atomic E-state index is 10.1. The van der Waals surface area contributed by atoms with Gasteiger partial charge in [0, 0.05) is 52.1 Å². The zero-order valence-electron chi connectivity index (χ0n) is 18.4. The second-order valence-electron chi connectivity index (χ2n) is 7.74. The summed E-state index contributed by atoms with van der Waals surface area (Å²) in [6, 6.07) is 13.8. The lowest BCUT2D eigenvalue weighted by molar-refractivity contribution is -0.313. The Hall–Kier alpha value is -4.09. The number of aliphatic hydroxyl groups is 1. The van der Waals surface area contributed by atoms with Gasteiger partial charge in [-0.15, -0.1) is 0 Å². The number of hydrogen-bond donors (Lipinski definition) is 1.